The van der Waals surface area contributed by atoms with Crippen molar-refractivity contribution in [1.82, 2.24) is 14.7 Å². The zero-order chi connectivity index (χ0) is 22.8. The van der Waals surface area contributed by atoms with E-state index in [-0.39, 0.29) is 31.4 Å². The minimum Gasteiger partial charge on any atom is -0.368 e. The highest BCUT2D eigenvalue weighted by molar-refractivity contribution is 5.87. The Bertz CT molecular complexity index is 806. The molecule has 0 saturated carbocycles. The molecule has 0 bridgehead atoms. The minimum absolute atomic E-state index is 0.145. The number of anilines is 1. The fourth-order valence-electron chi connectivity index (χ4n) is 4.23. The number of amides is 2. The Morgan fingerprint density at radius 3 is 2.26 bits per heavy atom. The average Bonchev–Trinajstić information content (AvgIpc) is 2.73. The van der Waals surface area contributed by atoms with Crippen LogP contribution in [0.2, 0.25) is 0 Å². The maximum absolute atomic E-state index is 13.2. The molecule has 0 spiro atoms. The molecule has 0 aliphatic carbocycles. The van der Waals surface area contributed by atoms with E-state index in [0.717, 1.165) is 5.69 Å². The third kappa shape index (κ3) is 5.90. The van der Waals surface area contributed by atoms with Gasteiger partial charge in [-0.15, -0.1) is 0 Å². The molecule has 2 heterocycles. The summed E-state index contributed by atoms with van der Waals surface area (Å²) in [6, 6.07) is 5.58. The lowest BCUT2D eigenvalue weighted by molar-refractivity contribution is -0.151. The monoisotopic (exact) mass is 440 g/mol. The lowest BCUT2D eigenvalue weighted by Gasteiger charge is -2.44. The first kappa shape index (κ1) is 23.4. The average molecular weight is 441 g/mol. The smallest absolute Gasteiger partial charge is 0.368 e. The molecule has 1 aromatic rings. The molecular formula is C22H31F3N4O2. The van der Waals surface area contributed by atoms with Crippen molar-refractivity contribution in [3.63, 3.8) is 0 Å². The number of piperazine rings is 2. The number of alkyl halides is 3. The first-order chi connectivity index (χ1) is 14.5. The number of benzene rings is 1. The van der Waals surface area contributed by atoms with Crippen molar-refractivity contribution < 1.29 is 22.8 Å². The van der Waals surface area contributed by atoms with Gasteiger partial charge in [0.1, 0.15) is 6.04 Å². The molecule has 31 heavy (non-hydrogen) atoms. The van der Waals surface area contributed by atoms with Crippen molar-refractivity contribution in [3.8, 4) is 0 Å². The number of carbonyl (C=O) groups excluding carboxylic acids is 2. The molecule has 0 aromatic heterocycles. The third-order valence-electron chi connectivity index (χ3n) is 6.31. The van der Waals surface area contributed by atoms with Crippen LogP contribution in [0.25, 0.3) is 0 Å². The first-order valence-electron chi connectivity index (χ1n) is 10.7. The van der Waals surface area contributed by atoms with Crippen LogP contribution in [0.15, 0.2) is 18.2 Å². The summed E-state index contributed by atoms with van der Waals surface area (Å²) in [5.41, 5.74) is 3.57. The maximum atomic E-state index is 13.2. The van der Waals surface area contributed by atoms with E-state index < -0.39 is 18.6 Å². The molecule has 2 amide bonds. The van der Waals surface area contributed by atoms with E-state index in [1.807, 2.05) is 0 Å². The molecule has 0 N–H and O–H groups in total. The summed E-state index contributed by atoms with van der Waals surface area (Å²) in [7, 11) is 0. The number of rotatable bonds is 4. The summed E-state index contributed by atoms with van der Waals surface area (Å²) in [5, 5.41) is 0. The van der Waals surface area contributed by atoms with Gasteiger partial charge >= 0.3 is 6.18 Å². The van der Waals surface area contributed by atoms with Crippen LogP contribution in [-0.2, 0) is 9.59 Å². The zero-order valence-corrected chi connectivity index (χ0v) is 18.4. The van der Waals surface area contributed by atoms with Crippen molar-refractivity contribution in [1.29, 1.82) is 0 Å². The van der Waals surface area contributed by atoms with Crippen LogP contribution in [0.1, 0.15) is 24.5 Å². The van der Waals surface area contributed by atoms with Gasteiger partial charge in [0.05, 0.1) is 6.42 Å². The summed E-state index contributed by atoms with van der Waals surface area (Å²) < 4.78 is 37.8. The van der Waals surface area contributed by atoms with Crippen LogP contribution >= 0.6 is 0 Å². The van der Waals surface area contributed by atoms with Gasteiger partial charge in [-0.2, -0.15) is 13.2 Å². The van der Waals surface area contributed by atoms with Crippen LogP contribution < -0.4 is 4.90 Å². The highest BCUT2D eigenvalue weighted by Crippen LogP contribution is 2.23. The van der Waals surface area contributed by atoms with Crippen molar-refractivity contribution in [3.05, 3.63) is 29.3 Å². The van der Waals surface area contributed by atoms with E-state index in [1.54, 1.807) is 9.80 Å². The van der Waals surface area contributed by atoms with E-state index in [2.05, 4.69) is 36.9 Å². The van der Waals surface area contributed by atoms with Crippen LogP contribution in [0.5, 0.6) is 0 Å². The van der Waals surface area contributed by atoms with E-state index in [4.69, 9.17) is 0 Å². The van der Waals surface area contributed by atoms with Crippen molar-refractivity contribution in [2.75, 3.05) is 57.3 Å². The predicted octanol–water partition coefficient (Wildman–Crippen LogP) is 2.44. The van der Waals surface area contributed by atoms with Gasteiger partial charge in [-0.25, -0.2) is 0 Å². The Labute approximate surface area is 181 Å². The van der Waals surface area contributed by atoms with Crippen molar-refractivity contribution in [2.24, 2.45) is 0 Å². The molecule has 0 unspecified atom stereocenters. The second kappa shape index (κ2) is 9.46. The highest BCUT2D eigenvalue weighted by Gasteiger charge is 2.38. The summed E-state index contributed by atoms with van der Waals surface area (Å²) in [5.74, 6) is -0.394. The number of aryl methyl sites for hydroxylation is 2. The zero-order valence-electron chi connectivity index (χ0n) is 18.4. The van der Waals surface area contributed by atoms with Gasteiger partial charge in [-0.05, 0) is 37.1 Å². The predicted molar refractivity (Wildman–Crippen MR) is 113 cm³/mol. The Balaban J connectivity index is 1.62. The molecule has 0 radical (unpaired) electrons. The standard InChI is InChI=1S/C22H31F3N4O2/c1-16-4-5-19(14-17(16)2)27-9-11-28(12-10-27)21(31)20-15-26(7-6-22(23,24)25)8-13-29(20)18(3)30/h4-5,14,20H,6-13,15H2,1-3H3/t20-/m1/s1. The maximum Gasteiger partial charge on any atom is 0.390 e. The molecule has 2 saturated heterocycles. The topological polar surface area (TPSA) is 47.1 Å². The molecule has 9 heteroatoms. The second-order valence-electron chi connectivity index (χ2n) is 8.47. The number of carbonyl (C=O) groups is 2. The highest BCUT2D eigenvalue weighted by atomic mass is 19.4. The Morgan fingerprint density at radius 2 is 1.68 bits per heavy atom. The minimum atomic E-state index is -4.23. The van der Waals surface area contributed by atoms with Crippen LogP contribution in [0.4, 0.5) is 18.9 Å². The number of hydrogen-bond donors (Lipinski definition) is 0. The summed E-state index contributed by atoms with van der Waals surface area (Å²) in [6.07, 6.45) is -5.15. The molecule has 6 nitrogen and oxygen atoms in total. The van der Waals surface area contributed by atoms with Gasteiger partial charge in [0.15, 0.2) is 0 Å². The Hall–Kier alpha value is -2.29. The summed E-state index contributed by atoms with van der Waals surface area (Å²) in [6.45, 7) is 8.56. The molecule has 1 atom stereocenters. The van der Waals surface area contributed by atoms with Gasteiger partial charge in [-0.3, -0.25) is 14.5 Å². The lowest BCUT2D eigenvalue weighted by Crippen LogP contribution is -2.62. The van der Waals surface area contributed by atoms with Crippen LogP contribution in [0, 0.1) is 13.8 Å². The molecule has 2 fully saturated rings. The molecule has 2 aliphatic heterocycles. The number of hydrogen-bond acceptors (Lipinski definition) is 4. The largest absolute Gasteiger partial charge is 0.390 e. The molecule has 1 aromatic carbocycles. The van der Waals surface area contributed by atoms with E-state index >= 15 is 0 Å². The van der Waals surface area contributed by atoms with Crippen molar-refractivity contribution >= 4 is 17.5 Å². The van der Waals surface area contributed by atoms with Gasteiger partial charge in [0, 0.05) is 65.0 Å². The van der Waals surface area contributed by atoms with Gasteiger partial charge in [0.2, 0.25) is 11.8 Å². The third-order valence-corrected chi connectivity index (χ3v) is 6.31. The van der Waals surface area contributed by atoms with Gasteiger partial charge in [0.25, 0.3) is 0 Å². The lowest BCUT2D eigenvalue weighted by atomic mass is 10.1. The molecule has 172 valence electrons. The quantitative estimate of drug-likeness (QED) is 0.722. The first-order valence-corrected chi connectivity index (χ1v) is 10.7. The second-order valence-corrected chi connectivity index (χ2v) is 8.47. The fraction of sp³-hybridized carbons (Fsp3) is 0.636. The summed E-state index contributed by atoms with van der Waals surface area (Å²) in [4.78, 5) is 32.4. The summed E-state index contributed by atoms with van der Waals surface area (Å²) >= 11 is 0. The number of nitrogens with zero attached hydrogens (tertiary/aromatic N) is 4. The fourth-order valence-corrected chi connectivity index (χ4v) is 4.23. The normalized spacial score (nSPS) is 20.8. The molecular weight excluding hydrogens is 409 g/mol. The molecule has 2 aliphatic rings. The molecule has 3 rings (SSSR count). The van der Waals surface area contributed by atoms with Gasteiger partial charge in [-0.1, -0.05) is 6.07 Å². The van der Waals surface area contributed by atoms with Gasteiger partial charge < -0.3 is 14.7 Å². The van der Waals surface area contributed by atoms with Crippen LogP contribution in [-0.4, -0.2) is 91.1 Å². The Morgan fingerprint density at radius 1 is 1.00 bits per heavy atom. The van der Waals surface area contributed by atoms with E-state index in [9.17, 15) is 22.8 Å². The SMILES string of the molecule is CC(=O)N1CCN(CCC(F)(F)F)C[C@@H]1C(=O)N1CCN(c2ccc(C)c(C)c2)CC1. The number of halogens is 3. The Kier molecular flexibility index (Phi) is 7.13. The van der Waals surface area contributed by atoms with Crippen molar-refractivity contribution in [2.45, 2.75) is 39.4 Å². The van der Waals surface area contributed by atoms with E-state index in [0.29, 0.717) is 32.7 Å². The van der Waals surface area contributed by atoms with Crippen LogP contribution in [0.3, 0.4) is 0 Å². The van der Waals surface area contributed by atoms with E-state index in [1.165, 1.54) is 23.0 Å².